The minimum absolute atomic E-state index is 0.0821. The van der Waals surface area contributed by atoms with E-state index in [1.807, 2.05) is 0 Å². The van der Waals surface area contributed by atoms with Crippen molar-refractivity contribution in [1.82, 2.24) is 14.6 Å². The van der Waals surface area contributed by atoms with Crippen molar-refractivity contribution in [3.05, 3.63) is 46.6 Å². The van der Waals surface area contributed by atoms with Gasteiger partial charge in [0.25, 0.3) is 0 Å². The highest BCUT2D eigenvalue weighted by Crippen LogP contribution is 2.25. The van der Waals surface area contributed by atoms with Crippen LogP contribution in [-0.4, -0.2) is 40.9 Å². The molecule has 0 saturated heterocycles. The van der Waals surface area contributed by atoms with Crippen LogP contribution in [-0.2, 0) is 14.6 Å². The fourth-order valence-corrected chi connectivity index (χ4v) is 3.96. The Morgan fingerprint density at radius 1 is 1.23 bits per heavy atom. The first-order chi connectivity index (χ1) is 12.2. The fraction of sp³-hybridized carbons (Fsp3) is 0.133. The number of nitrogens with one attached hydrogen (secondary N) is 1. The van der Waals surface area contributed by atoms with Crippen LogP contribution >= 0.6 is 35.0 Å². The number of pyridine rings is 1. The van der Waals surface area contributed by atoms with E-state index in [1.165, 1.54) is 36.0 Å². The first-order valence-electron chi connectivity index (χ1n) is 7.16. The molecule has 136 valence electrons. The van der Waals surface area contributed by atoms with Crippen molar-refractivity contribution in [2.75, 3.05) is 17.3 Å². The van der Waals surface area contributed by atoms with Gasteiger partial charge < -0.3 is 5.32 Å². The number of thioether (sulfide) groups is 1. The number of hydrogen-bond donors (Lipinski definition) is 1. The third kappa shape index (κ3) is 4.29. The number of rotatable bonds is 5. The van der Waals surface area contributed by atoms with E-state index in [9.17, 15) is 13.2 Å². The summed E-state index contributed by atoms with van der Waals surface area (Å²) >= 11 is 13.2. The van der Waals surface area contributed by atoms with Gasteiger partial charge >= 0.3 is 0 Å². The summed E-state index contributed by atoms with van der Waals surface area (Å²) in [6.07, 6.45) is 2.74. The molecule has 3 aromatic rings. The third-order valence-corrected chi connectivity index (χ3v) is 5.85. The molecule has 2 aromatic heterocycles. The van der Waals surface area contributed by atoms with E-state index in [0.29, 0.717) is 26.5 Å². The van der Waals surface area contributed by atoms with Gasteiger partial charge in [0.05, 0.1) is 20.7 Å². The molecule has 0 bridgehead atoms. The third-order valence-electron chi connectivity index (χ3n) is 3.29. The van der Waals surface area contributed by atoms with Crippen LogP contribution in [0.3, 0.4) is 0 Å². The number of carbonyl (C=O) groups is 1. The van der Waals surface area contributed by atoms with Crippen LogP contribution in [0.15, 0.2) is 46.6 Å². The topological polar surface area (TPSA) is 93.4 Å². The maximum atomic E-state index is 12.1. The van der Waals surface area contributed by atoms with Crippen LogP contribution in [0.5, 0.6) is 0 Å². The van der Waals surface area contributed by atoms with Gasteiger partial charge in [-0.3, -0.25) is 9.20 Å². The van der Waals surface area contributed by atoms with Crippen LogP contribution < -0.4 is 5.32 Å². The Morgan fingerprint density at radius 2 is 1.92 bits per heavy atom. The van der Waals surface area contributed by atoms with Gasteiger partial charge in [-0.1, -0.05) is 35.0 Å². The molecule has 0 aliphatic rings. The predicted molar refractivity (Wildman–Crippen MR) is 102 cm³/mol. The fourth-order valence-electron chi connectivity index (χ4n) is 2.11. The number of fused-ring (bicyclic) bond motifs is 1. The smallest absolute Gasteiger partial charge is 0.234 e. The van der Waals surface area contributed by atoms with E-state index in [2.05, 4.69) is 15.5 Å². The van der Waals surface area contributed by atoms with E-state index in [-0.39, 0.29) is 16.6 Å². The molecule has 11 heteroatoms. The Morgan fingerprint density at radius 3 is 2.58 bits per heavy atom. The molecule has 0 atom stereocenters. The van der Waals surface area contributed by atoms with Gasteiger partial charge in [0, 0.05) is 18.1 Å². The van der Waals surface area contributed by atoms with E-state index in [1.54, 1.807) is 16.7 Å². The molecular formula is C15H12Cl2N4O3S2. The molecule has 0 unspecified atom stereocenters. The second kappa shape index (κ2) is 7.43. The largest absolute Gasteiger partial charge is 0.325 e. The average molecular weight is 431 g/mol. The molecule has 1 aromatic carbocycles. The Kier molecular flexibility index (Phi) is 5.42. The van der Waals surface area contributed by atoms with Gasteiger partial charge in [-0.05, 0) is 30.3 Å². The summed E-state index contributed by atoms with van der Waals surface area (Å²) < 4.78 is 24.5. The lowest BCUT2D eigenvalue weighted by atomic mass is 10.3. The van der Waals surface area contributed by atoms with Crippen LogP contribution in [0.25, 0.3) is 5.65 Å². The summed E-state index contributed by atoms with van der Waals surface area (Å²) in [7, 11) is -3.27. The minimum atomic E-state index is -3.27. The number of carbonyl (C=O) groups excluding carboxylic acids is 1. The molecule has 7 nitrogen and oxygen atoms in total. The number of hydrogen-bond acceptors (Lipinski definition) is 6. The summed E-state index contributed by atoms with van der Waals surface area (Å²) in [5.74, 6) is -0.189. The van der Waals surface area contributed by atoms with Crippen molar-refractivity contribution in [3.8, 4) is 0 Å². The zero-order valence-electron chi connectivity index (χ0n) is 13.3. The molecule has 0 aliphatic heterocycles. The highest BCUT2D eigenvalue weighted by Gasteiger charge is 2.13. The molecule has 0 aliphatic carbocycles. The van der Waals surface area contributed by atoms with E-state index >= 15 is 0 Å². The Balaban J connectivity index is 1.66. The Hall–Kier alpha value is -1.81. The first kappa shape index (κ1) is 19.0. The van der Waals surface area contributed by atoms with Gasteiger partial charge in [-0.25, -0.2) is 8.42 Å². The van der Waals surface area contributed by atoms with E-state index in [4.69, 9.17) is 23.2 Å². The SMILES string of the molecule is CS(=O)(=O)c1ccc(NC(=O)CSc2nnc3c(Cl)cc(Cl)cn23)cc1. The zero-order chi connectivity index (χ0) is 18.9. The van der Waals surface area contributed by atoms with Crippen LogP contribution in [0.1, 0.15) is 0 Å². The summed E-state index contributed by atoms with van der Waals surface area (Å²) in [6, 6.07) is 7.51. The molecular weight excluding hydrogens is 419 g/mol. The number of amides is 1. The van der Waals surface area contributed by atoms with E-state index in [0.717, 1.165) is 6.26 Å². The van der Waals surface area contributed by atoms with Crippen LogP contribution in [0.2, 0.25) is 10.0 Å². The Labute approximate surface area is 163 Å². The van der Waals surface area contributed by atoms with Crippen molar-refractivity contribution in [2.24, 2.45) is 0 Å². The molecule has 0 fully saturated rings. The number of nitrogens with zero attached hydrogens (tertiary/aromatic N) is 3. The number of sulfone groups is 1. The standard InChI is InChI=1S/C15H12Cl2N4O3S2/c1-26(23,24)11-4-2-10(3-5-11)18-13(22)8-25-15-20-19-14-12(17)6-9(16)7-21(14)15/h2-7H,8H2,1H3,(H,18,22). The molecule has 3 rings (SSSR count). The van der Waals surface area contributed by atoms with Crippen LogP contribution in [0, 0.1) is 0 Å². The van der Waals surface area contributed by atoms with Crippen molar-refractivity contribution in [3.63, 3.8) is 0 Å². The number of benzene rings is 1. The summed E-state index contributed by atoms with van der Waals surface area (Å²) in [5.41, 5.74) is 0.954. The number of aromatic nitrogens is 3. The normalized spacial score (nSPS) is 11.7. The summed E-state index contributed by atoms with van der Waals surface area (Å²) in [6.45, 7) is 0. The maximum absolute atomic E-state index is 12.1. The summed E-state index contributed by atoms with van der Waals surface area (Å²) in [5, 5.41) is 11.9. The molecule has 0 spiro atoms. The quantitative estimate of drug-likeness (QED) is 0.624. The lowest BCUT2D eigenvalue weighted by Crippen LogP contribution is -2.14. The molecule has 1 amide bonds. The molecule has 0 saturated carbocycles. The second-order valence-electron chi connectivity index (χ2n) is 5.32. The average Bonchev–Trinajstić information content (AvgIpc) is 2.96. The number of halogens is 2. The lowest BCUT2D eigenvalue weighted by Gasteiger charge is -2.06. The number of anilines is 1. The second-order valence-corrected chi connectivity index (χ2v) is 9.12. The lowest BCUT2D eigenvalue weighted by molar-refractivity contribution is -0.113. The highest BCUT2D eigenvalue weighted by molar-refractivity contribution is 7.99. The molecule has 1 N–H and O–H groups in total. The van der Waals surface area contributed by atoms with Gasteiger partial charge in [-0.15, -0.1) is 10.2 Å². The summed E-state index contributed by atoms with van der Waals surface area (Å²) in [4.78, 5) is 12.3. The Bertz CT molecular complexity index is 1080. The highest BCUT2D eigenvalue weighted by atomic mass is 35.5. The van der Waals surface area contributed by atoms with Gasteiger partial charge in [0.2, 0.25) is 5.91 Å². The predicted octanol–water partition coefficient (Wildman–Crippen LogP) is 3.17. The van der Waals surface area contributed by atoms with Crippen molar-refractivity contribution < 1.29 is 13.2 Å². The van der Waals surface area contributed by atoms with Gasteiger partial charge in [0.15, 0.2) is 20.6 Å². The minimum Gasteiger partial charge on any atom is -0.325 e. The van der Waals surface area contributed by atoms with Gasteiger partial charge in [-0.2, -0.15) is 0 Å². The molecule has 0 radical (unpaired) electrons. The van der Waals surface area contributed by atoms with Crippen molar-refractivity contribution >= 4 is 62.0 Å². The maximum Gasteiger partial charge on any atom is 0.234 e. The van der Waals surface area contributed by atoms with E-state index < -0.39 is 9.84 Å². The monoisotopic (exact) mass is 430 g/mol. The zero-order valence-corrected chi connectivity index (χ0v) is 16.5. The van der Waals surface area contributed by atoms with Crippen LogP contribution in [0.4, 0.5) is 5.69 Å². The molecule has 26 heavy (non-hydrogen) atoms. The van der Waals surface area contributed by atoms with Crippen molar-refractivity contribution in [2.45, 2.75) is 10.1 Å². The molecule has 2 heterocycles. The van der Waals surface area contributed by atoms with Gasteiger partial charge in [0.1, 0.15) is 0 Å². The van der Waals surface area contributed by atoms with Crippen molar-refractivity contribution in [1.29, 1.82) is 0 Å². The first-order valence-corrected chi connectivity index (χ1v) is 10.8.